The van der Waals surface area contributed by atoms with Crippen molar-refractivity contribution in [1.29, 1.82) is 0 Å². The van der Waals surface area contributed by atoms with Crippen molar-refractivity contribution in [3.05, 3.63) is 23.2 Å². The van der Waals surface area contributed by atoms with Gasteiger partial charge in [0.2, 0.25) is 0 Å². The largest absolute Gasteiger partial charge is 0.463 e. The van der Waals surface area contributed by atoms with E-state index in [0.717, 1.165) is 56.8 Å². The molecular formula is C16H28N2O2. The first-order chi connectivity index (χ1) is 9.69. The van der Waals surface area contributed by atoms with Gasteiger partial charge in [0.25, 0.3) is 0 Å². The highest BCUT2D eigenvalue weighted by Gasteiger charge is 2.17. The highest BCUT2D eigenvalue weighted by molar-refractivity contribution is 5.20. The van der Waals surface area contributed by atoms with E-state index in [0.29, 0.717) is 0 Å². The molecule has 1 aliphatic heterocycles. The van der Waals surface area contributed by atoms with Crippen LogP contribution in [0.25, 0.3) is 0 Å². The summed E-state index contributed by atoms with van der Waals surface area (Å²) in [6.07, 6.45) is 2.38. The Balaban J connectivity index is 1.82. The molecule has 0 bridgehead atoms. The minimum Gasteiger partial charge on any atom is -0.463 e. The van der Waals surface area contributed by atoms with Crippen molar-refractivity contribution in [2.24, 2.45) is 5.92 Å². The lowest BCUT2D eigenvalue weighted by molar-refractivity contribution is 0.0542. The van der Waals surface area contributed by atoms with Gasteiger partial charge in [-0.3, -0.25) is 4.90 Å². The van der Waals surface area contributed by atoms with Gasteiger partial charge in [0.15, 0.2) is 0 Å². The predicted molar refractivity (Wildman–Crippen MR) is 80.7 cm³/mol. The Kier molecular flexibility index (Phi) is 6.07. The van der Waals surface area contributed by atoms with Crippen LogP contribution in [0.4, 0.5) is 0 Å². The Morgan fingerprint density at radius 3 is 2.80 bits per heavy atom. The van der Waals surface area contributed by atoms with Crippen molar-refractivity contribution >= 4 is 0 Å². The molecule has 4 nitrogen and oxygen atoms in total. The summed E-state index contributed by atoms with van der Waals surface area (Å²) in [5.74, 6) is 2.91. The third-order valence-electron chi connectivity index (χ3n) is 3.94. The van der Waals surface area contributed by atoms with Gasteiger partial charge in [-0.25, -0.2) is 0 Å². The lowest BCUT2D eigenvalue weighted by atomic mass is 10.00. The molecule has 0 aromatic carbocycles. The third-order valence-corrected chi connectivity index (χ3v) is 3.94. The number of nitrogens with zero attached hydrogens (tertiary/aromatic N) is 1. The monoisotopic (exact) mass is 280 g/mol. The number of ether oxygens (including phenoxy) is 1. The van der Waals surface area contributed by atoms with Crippen molar-refractivity contribution in [1.82, 2.24) is 10.2 Å². The van der Waals surface area contributed by atoms with Gasteiger partial charge in [0.05, 0.1) is 13.1 Å². The van der Waals surface area contributed by atoms with E-state index in [4.69, 9.17) is 9.15 Å². The summed E-state index contributed by atoms with van der Waals surface area (Å²) in [6, 6.07) is 2.17. The van der Waals surface area contributed by atoms with Gasteiger partial charge in [-0.1, -0.05) is 6.92 Å². The predicted octanol–water partition coefficient (Wildman–Crippen LogP) is 2.56. The number of hydrogen-bond acceptors (Lipinski definition) is 4. The van der Waals surface area contributed by atoms with Crippen LogP contribution in [0.5, 0.6) is 0 Å². The van der Waals surface area contributed by atoms with E-state index in [1.165, 1.54) is 18.4 Å². The highest BCUT2D eigenvalue weighted by atomic mass is 16.5. The molecule has 0 amide bonds. The maximum atomic E-state index is 5.95. The molecule has 0 radical (unpaired) electrons. The van der Waals surface area contributed by atoms with E-state index in [1.807, 2.05) is 0 Å². The molecule has 1 N–H and O–H groups in total. The van der Waals surface area contributed by atoms with Gasteiger partial charge in [-0.15, -0.1) is 0 Å². The topological polar surface area (TPSA) is 37.6 Å². The van der Waals surface area contributed by atoms with Gasteiger partial charge < -0.3 is 14.5 Å². The summed E-state index contributed by atoms with van der Waals surface area (Å²) in [5, 5.41) is 3.32. The quantitative estimate of drug-likeness (QED) is 0.833. The summed E-state index contributed by atoms with van der Waals surface area (Å²) in [5.41, 5.74) is 1.25. The Hall–Kier alpha value is -0.840. The maximum Gasteiger partial charge on any atom is 0.120 e. The zero-order valence-electron chi connectivity index (χ0n) is 13.1. The van der Waals surface area contributed by atoms with Crippen LogP contribution in [0.15, 0.2) is 10.5 Å². The summed E-state index contributed by atoms with van der Waals surface area (Å²) in [6.45, 7) is 9.90. The van der Waals surface area contributed by atoms with Gasteiger partial charge in [0.1, 0.15) is 11.5 Å². The molecule has 1 saturated heterocycles. The smallest absolute Gasteiger partial charge is 0.120 e. The number of aryl methyl sites for hydroxylation is 1. The Morgan fingerprint density at radius 2 is 2.10 bits per heavy atom. The summed E-state index contributed by atoms with van der Waals surface area (Å²) >= 11 is 0. The maximum absolute atomic E-state index is 5.95. The van der Waals surface area contributed by atoms with Crippen molar-refractivity contribution < 1.29 is 9.15 Å². The number of hydrogen-bond donors (Lipinski definition) is 1. The Morgan fingerprint density at radius 1 is 1.35 bits per heavy atom. The molecule has 1 aromatic heterocycles. The van der Waals surface area contributed by atoms with Crippen LogP contribution in [0.2, 0.25) is 0 Å². The zero-order valence-corrected chi connectivity index (χ0v) is 13.1. The standard InChI is InChI=1S/C16H28N2O2/c1-4-17-10-16-13(2)9-15(20-16)12-18(3)11-14-5-7-19-8-6-14/h9,14,17H,4-8,10-12H2,1-3H3. The van der Waals surface area contributed by atoms with E-state index in [-0.39, 0.29) is 0 Å². The van der Waals surface area contributed by atoms with Crippen LogP contribution in [-0.2, 0) is 17.8 Å². The molecule has 20 heavy (non-hydrogen) atoms. The molecule has 2 rings (SSSR count). The minimum absolute atomic E-state index is 0.769. The lowest BCUT2D eigenvalue weighted by Gasteiger charge is -2.26. The molecule has 1 aromatic rings. The van der Waals surface area contributed by atoms with E-state index >= 15 is 0 Å². The van der Waals surface area contributed by atoms with Crippen LogP contribution in [-0.4, -0.2) is 38.3 Å². The molecule has 114 valence electrons. The third kappa shape index (κ3) is 4.62. The fourth-order valence-electron chi connectivity index (χ4n) is 2.78. The molecule has 0 saturated carbocycles. The van der Waals surface area contributed by atoms with Crippen LogP contribution in [0.3, 0.4) is 0 Å². The zero-order chi connectivity index (χ0) is 14.4. The highest BCUT2D eigenvalue weighted by Crippen LogP contribution is 2.19. The molecule has 0 atom stereocenters. The van der Waals surface area contributed by atoms with E-state index in [1.54, 1.807) is 0 Å². The Labute approximate surface area is 122 Å². The average molecular weight is 280 g/mol. The van der Waals surface area contributed by atoms with E-state index < -0.39 is 0 Å². The van der Waals surface area contributed by atoms with Crippen molar-refractivity contribution in [2.75, 3.05) is 33.4 Å². The van der Waals surface area contributed by atoms with Crippen LogP contribution < -0.4 is 5.32 Å². The lowest BCUT2D eigenvalue weighted by Crippen LogP contribution is -2.29. The van der Waals surface area contributed by atoms with Gasteiger partial charge in [-0.05, 0) is 50.9 Å². The molecule has 0 spiro atoms. The van der Waals surface area contributed by atoms with Gasteiger partial charge >= 0.3 is 0 Å². The summed E-state index contributed by atoms with van der Waals surface area (Å²) in [4.78, 5) is 2.37. The molecule has 1 fully saturated rings. The van der Waals surface area contributed by atoms with Crippen LogP contribution in [0, 0.1) is 12.8 Å². The molecule has 0 aliphatic carbocycles. The van der Waals surface area contributed by atoms with E-state index in [2.05, 4.69) is 37.2 Å². The number of nitrogens with one attached hydrogen (secondary N) is 1. The minimum atomic E-state index is 0.769. The summed E-state index contributed by atoms with van der Waals surface area (Å²) < 4.78 is 11.4. The Bertz CT molecular complexity index is 397. The van der Waals surface area contributed by atoms with Crippen LogP contribution >= 0.6 is 0 Å². The first kappa shape index (κ1) is 15.5. The number of rotatable bonds is 7. The molecule has 0 unspecified atom stereocenters. The molecular weight excluding hydrogens is 252 g/mol. The van der Waals surface area contributed by atoms with E-state index in [9.17, 15) is 0 Å². The first-order valence-electron chi connectivity index (χ1n) is 7.74. The second kappa shape index (κ2) is 7.81. The average Bonchev–Trinajstić information content (AvgIpc) is 2.77. The van der Waals surface area contributed by atoms with Crippen molar-refractivity contribution in [3.8, 4) is 0 Å². The van der Waals surface area contributed by atoms with Crippen LogP contribution in [0.1, 0.15) is 36.8 Å². The molecule has 2 heterocycles. The first-order valence-corrected chi connectivity index (χ1v) is 7.74. The van der Waals surface area contributed by atoms with Gasteiger partial charge in [-0.2, -0.15) is 0 Å². The van der Waals surface area contributed by atoms with Gasteiger partial charge in [0, 0.05) is 19.8 Å². The fraction of sp³-hybridized carbons (Fsp3) is 0.750. The number of furan rings is 1. The fourth-order valence-corrected chi connectivity index (χ4v) is 2.78. The SMILES string of the molecule is CCNCc1oc(CN(C)CC2CCOCC2)cc1C. The second-order valence-electron chi connectivity index (χ2n) is 5.85. The second-order valence-corrected chi connectivity index (χ2v) is 5.85. The van der Waals surface area contributed by atoms with Crippen molar-refractivity contribution in [2.45, 2.75) is 39.8 Å². The molecule has 1 aliphatic rings. The summed E-state index contributed by atoms with van der Waals surface area (Å²) in [7, 11) is 2.18. The normalized spacial score (nSPS) is 17.0. The molecule has 4 heteroatoms. The van der Waals surface area contributed by atoms with Crippen molar-refractivity contribution in [3.63, 3.8) is 0 Å².